The number of hydrogen-bond donors (Lipinski definition) is 1. The zero-order valence-electron chi connectivity index (χ0n) is 17.6. The number of anilines is 2. The van der Waals surface area contributed by atoms with E-state index >= 15 is 0 Å². The number of rotatable bonds is 6. The Balaban J connectivity index is 1.54. The van der Waals surface area contributed by atoms with Crippen molar-refractivity contribution in [2.45, 2.75) is 12.5 Å². The van der Waals surface area contributed by atoms with Crippen molar-refractivity contribution in [3.05, 3.63) is 78.5 Å². The molecule has 0 radical (unpaired) electrons. The normalized spacial score (nSPS) is 15.7. The lowest BCUT2D eigenvalue weighted by Crippen LogP contribution is -2.39. The quantitative estimate of drug-likeness (QED) is 0.663. The van der Waals surface area contributed by atoms with Gasteiger partial charge in [-0.2, -0.15) is 5.10 Å². The summed E-state index contributed by atoms with van der Waals surface area (Å²) in [6, 6.07) is 20.9. The molecule has 2 heterocycles. The summed E-state index contributed by atoms with van der Waals surface area (Å²) in [6.07, 6.45) is 2.62. The van der Waals surface area contributed by atoms with E-state index in [0.717, 1.165) is 49.7 Å². The first-order chi connectivity index (χ1) is 15.2. The first-order valence-electron chi connectivity index (χ1n) is 10.5. The van der Waals surface area contributed by atoms with Crippen LogP contribution in [-0.4, -0.2) is 54.3 Å². The topological polar surface area (TPSA) is 70.6 Å². The fourth-order valence-corrected chi connectivity index (χ4v) is 3.96. The second-order valence-corrected chi connectivity index (χ2v) is 7.49. The lowest BCUT2D eigenvalue weighted by molar-refractivity contribution is -0.121. The third kappa shape index (κ3) is 5.19. The van der Waals surface area contributed by atoms with Crippen LogP contribution < -0.4 is 15.0 Å². The van der Waals surface area contributed by atoms with Crippen LogP contribution in [0.4, 0.5) is 11.5 Å². The van der Waals surface area contributed by atoms with Crippen LogP contribution >= 0.6 is 0 Å². The summed E-state index contributed by atoms with van der Waals surface area (Å²) in [5.74, 6) is 1.54. The number of hydrogen-bond acceptors (Lipinski definition) is 6. The number of aromatic nitrogens is 2. The van der Waals surface area contributed by atoms with Gasteiger partial charge in [0.05, 0.1) is 7.11 Å². The molecule has 160 valence electrons. The van der Waals surface area contributed by atoms with Gasteiger partial charge in [0.1, 0.15) is 11.8 Å². The molecule has 2 aromatic carbocycles. The third-order valence-electron chi connectivity index (χ3n) is 5.48. The molecule has 3 aromatic rings. The molecule has 7 heteroatoms. The molecule has 1 aliphatic rings. The van der Waals surface area contributed by atoms with E-state index < -0.39 is 0 Å². The predicted octanol–water partition coefficient (Wildman–Crippen LogP) is 3.38. The van der Waals surface area contributed by atoms with Gasteiger partial charge in [0.25, 0.3) is 0 Å². The molecule has 1 N–H and O–H groups in total. The van der Waals surface area contributed by atoms with Gasteiger partial charge in [0.15, 0.2) is 5.82 Å². The van der Waals surface area contributed by atoms with Crippen molar-refractivity contribution < 1.29 is 9.53 Å². The largest absolute Gasteiger partial charge is 0.497 e. The third-order valence-corrected chi connectivity index (χ3v) is 5.48. The van der Waals surface area contributed by atoms with E-state index in [9.17, 15) is 4.79 Å². The van der Waals surface area contributed by atoms with Gasteiger partial charge in [-0.1, -0.05) is 36.4 Å². The summed E-state index contributed by atoms with van der Waals surface area (Å²) in [4.78, 5) is 17.9. The van der Waals surface area contributed by atoms with Crippen LogP contribution in [0, 0.1) is 0 Å². The van der Waals surface area contributed by atoms with Gasteiger partial charge in [-0.25, -0.2) is 0 Å². The number of carbonyl (C=O) groups excluding carboxylic acids is 1. The van der Waals surface area contributed by atoms with Crippen LogP contribution in [0.2, 0.25) is 0 Å². The number of methoxy groups -OCH3 is 1. The van der Waals surface area contributed by atoms with Crippen molar-refractivity contribution in [2.75, 3.05) is 43.5 Å². The van der Waals surface area contributed by atoms with Gasteiger partial charge in [-0.15, -0.1) is 5.10 Å². The maximum absolute atomic E-state index is 13.4. The Kier molecular flexibility index (Phi) is 6.74. The van der Waals surface area contributed by atoms with E-state index in [1.165, 1.54) is 0 Å². The molecule has 0 bridgehead atoms. The Bertz CT molecular complexity index is 984. The van der Waals surface area contributed by atoms with Crippen molar-refractivity contribution in [3.63, 3.8) is 0 Å². The SMILES string of the molecule is COc1cccc(NC(=O)C(c2ccccc2)N2CCCN(c3cccnn3)CC2)c1. The van der Waals surface area contributed by atoms with Crippen LogP contribution in [0.25, 0.3) is 0 Å². The van der Waals surface area contributed by atoms with Crippen LogP contribution in [-0.2, 0) is 4.79 Å². The summed E-state index contributed by atoms with van der Waals surface area (Å²) in [6.45, 7) is 3.24. The lowest BCUT2D eigenvalue weighted by atomic mass is 10.0. The van der Waals surface area contributed by atoms with E-state index in [1.807, 2.05) is 66.7 Å². The number of nitrogens with one attached hydrogen (secondary N) is 1. The van der Waals surface area contributed by atoms with E-state index in [0.29, 0.717) is 5.75 Å². The highest BCUT2D eigenvalue weighted by Crippen LogP contribution is 2.26. The summed E-state index contributed by atoms with van der Waals surface area (Å²) in [5.41, 5.74) is 1.71. The molecule has 31 heavy (non-hydrogen) atoms. The van der Waals surface area contributed by atoms with Gasteiger partial charge >= 0.3 is 0 Å². The standard InChI is InChI=1S/C24H27N5O2/c1-31-21-11-5-10-20(18-21)26-24(30)23(19-8-3-2-4-9-19)29-15-7-14-28(16-17-29)22-12-6-13-25-27-22/h2-6,8-13,18,23H,7,14-17H2,1H3,(H,26,30). The number of nitrogens with zero attached hydrogens (tertiary/aromatic N) is 4. The van der Waals surface area contributed by atoms with Crippen molar-refractivity contribution in [1.82, 2.24) is 15.1 Å². The molecule has 1 unspecified atom stereocenters. The Labute approximate surface area is 182 Å². The number of benzene rings is 2. The maximum Gasteiger partial charge on any atom is 0.246 e. The molecule has 4 rings (SSSR count). The Morgan fingerprint density at radius 2 is 1.87 bits per heavy atom. The minimum Gasteiger partial charge on any atom is -0.497 e. The molecule has 0 saturated carbocycles. The molecular formula is C24H27N5O2. The minimum absolute atomic E-state index is 0.0487. The Morgan fingerprint density at radius 1 is 1.00 bits per heavy atom. The van der Waals surface area contributed by atoms with Gasteiger partial charge in [0.2, 0.25) is 5.91 Å². The summed E-state index contributed by atoms with van der Waals surface area (Å²) >= 11 is 0. The smallest absolute Gasteiger partial charge is 0.246 e. The molecule has 7 nitrogen and oxygen atoms in total. The molecular weight excluding hydrogens is 390 g/mol. The highest BCUT2D eigenvalue weighted by Gasteiger charge is 2.29. The second kappa shape index (κ2) is 10.0. The zero-order valence-corrected chi connectivity index (χ0v) is 17.6. The monoisotopic (exact) mass is 417 g/mol. The van der Waals surface area contributed by atoms with Crippen molar-refractivity contribution in [2.24, 2.45) is 0 Å². The number of ether oxygens (including phenoxy) is 1. The van der Waals surface area contributed by atoms with Crippen molar-refractivity contribution in [1.29, 1.82) is 0 Å². The van der Waals surface area contributed by atoms with Crippen LogP contribution in [0.15, 0.2) is 72.9 Å². The minimum atomic E-state index is -0.380. The fraction of sp³-hybridized carbons (Fsp3) is 0.292. The van der Waals surface area contributed by atoms with E-state index in [4.69, 9.17) is 4.74 Å². The molecule has 1 fully saturated rings. The first kappa shape index (κ1) is 20.8. The number of carbonyl (C=O) groups is 1. The average molecular weight is 418 g/mol. The molecule has 1 amide bonds. The number of amides is 1. The van der Waals surface area contributed by atoms with Gasteiger partial charge in [0, 0.05) is 44.1 Å². The fourth-order valence-electron chi connectivity index (χ4n) is 3.96. The maximum atomic E-state index is 13.4. The van der Waals surface area contributed by atoms with Crippen molar-refractivity contribution >= 4 is 17.4 Å². The Hall–Kier alpha value is -3.45. The highest BCUT2D eigenvalue weighted by molar-refractivity contribution is 5.95. The molecule has 1 saturated heterocycles. The van der Waals surface area contributed by atoms with Gasteiger partial charge in [-0.05, 0) is 36.2 Å². The van der Waals surface area contributed by atoms with Gasteiger partial charge < -0.3 is 15.0 Å². The summed E-state index contributed by atoms with van der Waals surface area (Å²) in [7, 11) is 1.62. The van der Waals surface area contributed by atoms with Crippen molar-refractivity contribution in [3.8, 4) is 5.75 Å². The highest BCUT2D eigenvalue weighted by atomic mass is 16.5. The molecule has 1 aliphatic heterocycles. The van der Waals surface area contributed by atoms with E-state index in [1.54, 1.807) is 13.3 Å². The molecule has 0 spiro atoms. The molecule has 1 aromatic heterocycles. The predicted molar refractivity (Wildman–Crippen MR) is 121 cm³/mol. The summed E-state index contributed by atoms with van der Waals surface area (Å²) < 4.78 is 5.29. The second-order valence-electron chi connectivity index (χ2n) is 7.49. The van der Waals surface area contributed by atoms with Crippen LogP contribution in [0.3, 0.4) is 0 Å². The molecule has 0 aliphatic carbocycles. The first-order valence-corrected chi connectivity index (χ1v) is 10.5. The Morgan fingerprint density at radius 3 is 2.65 bits per heavy atom. The average Bonchev–Trinajstić information content (AvgIpc) is 3.07. The van der Waals surface area contributed by atoms with Crippen LogP contribution in [0.1, 0.15) is 18.0 Å². The zero-order chi connectivity index (χ0) is 21.5. The lowest BCUT2D eigenvalue weighted by Gasteiger charge is -2.30. The van der Waals surface area contributed by atoms with E-state index in [-0.39, 0.29) is 11.9 Å². The summed E-state index contributed by atoms with van der Waals surface area (Å²) in [5, 5.41) is 11.3. The van der Waals surface area contributed by atoms with E-state index in [2.05, 4.69) is 25.3 Å². The van der Waals surface area contributed by atoms with Crippen LogP contribution in [0.5, 0.6) is 5.75 Å². The van der Waals surface area contributed by atoms with Gasteiger partial charge in [-0.3, -0.25) is 9.69 Å². The molecule has 1 atom stereocenters.